The molecule has 0 heterocycles. The fourth-order valence-electron chi connectivity index (χ4n) is 4.13. The van der Waals surface area contributed by atoms with Gasteiger partial charge in [-0.05, 0) is 48.2 Å². The highest BCUT2D eigenvalue weighted by atomic mass is 19.1. The number of hydrogen-bond acceptors (Lipinski definition) is 4. The molecular formula is C21H21FN2O3. The molecule has 1 saturated carbocycles. The number of benzene rings is 2. The number of phenols is 1. The van der Waals surface area contributed by atoms with Gasteiger partial charge >= 0.3 is 6.09 Å². The van der Waals surface area contributed by atoms with E-state index in [0.29, 0.717) is 24.0 Å². The average molecular weight is 368 g/mol. The largest absolute Gasteiger partial charge is 0.508 e. The van der Waals surface area contributed by atoms with Crippen LogP contribution in [0, 0.1) is 23.1 Å². The molecule has 0 aromatic heterocycles. The Hall–Kier alpha value is -3.07. The summed E-state index contributed by atoms with van der Waals surface area (Å²) in [4.78, 5) is 11.8. The maximum atomic E-state index is 14.0. The molecule has 0 radical (unpaired) electrons. The Morgan fingerprint density at radius 1 is 1.26 bits per heavy atom. The van der Waals surface area contributed by atoms with Gasteiger partial charge in [0.25, 0.3) is 0 Å². The van der Waals surface area contributed by atoms with Crippen LogP contribution >= 0.6 is 0 Å². The van der Waals surface area contributed by atoms with Crippen LogP contribution in [-0.4, -0.2) is 24.4 Å². The number of hydrogen-bond donors (Lipinski definition) is 2. The van der Waals surface area contributed by atoms with Crippen LogP contribution in [-0.2, 0) is 10.2 Å². The molecular weight excluding hydrogens is 347 g/mol. The van der Waals surface area contributed by atoms with Crippen molar-refractivity contribution < 1.29 is 19.0 Å². The molecule has 3 atom stereocenters. The lowest BCUT2D eigenvalue weighted by molar-refractivity contribution is 0.161. The van der Waals surface area contributed by atoms with Crippen molar-refractivity contribution in [3.8, 4) is 11.8 Å². The van der Waals surface area contributed by atoms with E-state index in [9.17, 15) is 19.6 Å². The molecule has 2 aromatic carbocycles. The maximum Gasteiger partial charge on any atom is 0.407 e. The molecule has 0 bridgehead atoms. The zero-order valence-electron chi connectivity index (χ0n) is 15.0. The second kappa shape index (κ2) is 7.67. The van der Waals surface area contributed by atoms with Crippen molar-refractivity contribution in [2.45, 2.75) is 30.7 Å². The van der Waals surface area contributed by atoms with Crippen LogP contribution in [0.5, 0.6) is 5.75 Å². The van der Waals surface area contributed by atoms with Gasteiger partial charge in [-0.25, -0.2) is 9.18 Å². The second-order valence-corrected chi connectivity index (χ2v) is 6.76. The van der Waals surface area contributed by atoms with Gasteiger partial charge in [-0.3, -0.25) is 0 Å². The normalized spacial score (nSPS) is 21.1. The molecule has 5 nitrogen and oxygen atoms in total. The fraction of sp³-hybridized carbons (Fsp3) is 0.333. The zero-order valence-corrected chi connectivity index (χ0v) is 15.0. The van der Waals surface area contributed by atoms with Crippen molar-refractivity contribution in [3.05, 3.63) is 65.5 Å². The van der Waals surface area contributed by atoms with Gasteiger partial charge in [0, 0.05) is 12.0 Å². The molecule has 1 amide bonds. The van der Waals surface area contributed by atoms with Crippen molar-refractivity contribution in [2.24, 2.45) is 5.92 Å². The van der Waals surface area contributed by atoms with E-state index in [1.165, 1.54) is 31.4 Å². The summed E-state index contributed by atoms with van der Waals surface area (Å²) in [6.45, 7) is 0. The minimum absolute atomic E-state index is 0.0838. The number of rotatable bonds is 4. The first-order chi connectivity index (χ1) is 13.0. The lowest BCUT2D eigenvalue weighted by Crippen LogP contribution is -2.47. The average Bonchev–Trinajstić information content (AvgIpc) is 3.12. The predicted molar refractivity (Wildman–Crippen MR) is 97.6 cm³/mol. The summed E-state index contributed by atoms with van der Waals surface area (Å²) in [5, 5.41) is 22.8. The summed E-state index contributed by atoms with van der Waals surface area (Å²) >= 11 is 0. The SMILES string of the molecule is COC(=O)N[C@H]1CCC[C@@H]1C(C#N)(c1ccc(O)cc1)c1cccc(F)c1. The number of phenolic OH excluding ortho intramolecular Hbond substituents is 1. The first-order valence-corrected chi connectivity index (χ1v) is 8.82. The Bertz CT molecular complexity index is 862. The van der Waals surface area contributed by atoms with Gasteiger partial charge < -0.3 is 15.2 Å². The molecule has 1 aliphatic carbocycles. The number of nitrogens with one attached hydrogen (secondary N) is 1. The highest BCUT2D eigenvalue weighted by molar-refractivity contribution is 5.67. The maximum absolute atomic E-state index is 14.0. The van der Waals surface area contributed by atoms with E-state index < -0.39 is 17.3 Å². The molecule has 3 rings (SSSR count). The van der Waals surface area contributed by atoms with Crippen LogP contribution in [0.1, 0.15) is 30.4 Å². The standard InChI is InChI=1S/C21H21FN2O3/c1-27-20(26)24-19-7-3-6-18(19)21(13-23,14-8-10-17(25)11-9-14)15-4-2-5-16(22)12-15/h2,4-5,8-12,18-19,25H,3,6-7H2,1H3,(H,24,26)/t18-,19-,21?/m0/s1. The van der Waals surface area contributed by atoms with Crippen molar-refractivity contribution in [1.82, 2.24) is 5.32 Å². The molecule has 27 heavy (non-hydrogen) atoms. The van der Waals surface area contributed by atoms with Gasteiger partial charge in [0.1, 0.15) is 17.0 Å². The molecule has 140 valence electrons. The van der Waals surface area contributed by atoms with Crippen molar-refractivity contribution >= 4 is 6.09 Å². The monoisotopic (exact) mass is 368 g/mol. The van der Waals surface area contributed by atoms with Crippen molar-refractivity contribution in [3.63, 3.8) is 0 Å². The van der Waals surface area contributed by atoms with Gasteiger partial charge in [0.15, 0.2) is 0 Å². The van der Waals surface area contributed by atoms with Crippen LogP contribution in [0.3, 0.4) is 0 Å². The van der Waals surface area contributed by atoms with E-state index in [4.69, 9.17) is 4.74 Å². The molecule has 1 fully saturated rings. The number of nitriles is 1. The number of carbonyl (C=O) groups excluding carboxylic acids is 1. The Kier molecular flexibility index (Phi) is 5.31. The zero-order chi connectivity index (χ0) is 19.4. The van der Waals surface area contributed by atoms with E-state index >= 15 is 0 Å². The summed E-state index contributed by atoms with van der Waals surface area (Å²) in [5.74, 6) is -0.616. The van der Waals surface area contributed by atoms with Crippen molar-refractivity contribution in [1.29, 1.82) is 5.26 Å². The van der Waals surface area contributed by atoms with Gasteiger partial charge in [-0.15, -0.1) is 0 Å². The highest BCUT2D eigenvalue weighted by Crippen LogP contribution is 2.47. The van der Waals surface area contributed by atoms with Crippen LogP contribution < -0.4 is 5.32 Å². The van der Waals surface area contributed by atoms with E-state index in [1.54, 1.807) is 24.3 Å². The van der Waals surface area contributed by atoms with E-state index in [1.807, 2.05) is 0 Å². The van der Waals surface area contributed by atoms with Crippen LogP contribution in [0.4, 0.5) is 9.18 Å². The quantitative estimate of drug-likeness (QED) is 0.858. The summed E-state index contributed by atoms with van der Waals surface area (Å²) in [5.41, 5.74) is 0.00839. The van der Waals surface area contributed by atoms with Gasteiger partial charge in [0.05, 0.1) is 13.2 Å². The third kappa shape index (κ3) is 3.45. The summed E-state index contributed by atoms with van der Waals surface area (Å²) in [6.07, 6.45) is 1.68. The van der Waals surface area contributed by atoms with E-state index in [-0.39, 0.29) is 17.7 Å². The highest BCUT2D eigenvalue weighted by Gasteiger charge is 2.49. The lowest BCUT2D eigenvalue weighted by Gasteiger charge is -2.37. The molecule has 2 aromatic rings. The van der Waals surface area contributed by atoms with Gasteiger partial charge in [-0.2, -0.15) is 5.26 Å². The van der Waals surface area contributed by atoms with E-state index in [0.717, 1.165) is 6.42 Å². The Labute approximate surface area is 157 Å². The third-order valence-electron chi connectivity index (χ3n) is 5.34. The number of ether oxygens (including phenoxy) is 1. The summed E-state index contributed by atoms with van der Waals surface area (Å²) < 4.78 is 18.8. The smallest absolute Gasteiger partial charge is 0.407 e. The minimum Gasteiger partial charge on any atom is -0.508 e. The lowest BCUT2D eigenvalue weighted by atomic mass is 9.65. The number of amides is 1. The molecule has 1 unspecified atom stereocenters. The molecule has 6 heteroatoms. The number of aromatic hydroxyl groups is 1. The number of nitrogens with zero attached hydrogens (tertiary/aromatic N) is 1. The number of halogens is 1. The summed E-state index contributed by atoms with van der Waals surface area (Å²) in [7, 11) is 1.30. The molecule has 0 aliphatic heterocycles. The Morgan fingerprint density at radius 3 is 2.63 bits per heavy atom. The first kappa shape index (κ1) is 18.7. The predicted octanol–water partition coefficient (Wildman–Crippen LogP) is 3.87. The molecule has 2 N–H and O–H groups in total. The number of carbonyl (C=O) groups is 1. The van der Waals surface area contributed by atoms with Crippen LogP contribution in [0.25, 0.3) is 0 Å². The molecule has 0 spiro atoms. The van der Waals surface area contributed by atoms with Crippen LogP contribution in [0.2, 0.25) is 0 Å². The summed E-state index contributed by atoms with van der Waals surface area (Å²) in [6, 6.07) is 14.5. The van der Waals surface area contributed by atoms with Crippen LogP contribution in [0.15, 0.2) is 48.5 Å². The minimum atomic E-state index is -1.17. The topological polar surface area (TPSA) is 82.3 Å². The third-order valence-corrected chi connectivity index (χ3v) is 5.34. The van der Waals surface area contributed by atoms with E-state index in [2.05, 4.69) is 11.4 Å². The van der Waals surface area contributed by atoms with Gasteiger partial charge in [0.2, 0.25) is 0 Å². The Balaban J connectivity index is 2.16. The fourth-order valence-corrected chi connectivity index (χ4v) is 4.13. The molecule has 1 aliphatic rings. The second-order valence-electron chi connectivity index (χ2n) is 6.76. The number of alkyl carbamates (subject to hydrolysis) is 1. The van der Waals surface area contributed by atoms with Crippen molar-refractivity contribution in [2.75, 3.05) is 7.11 Å². The number of methoxy groups -OCH3 is 1. The first-order valence-electron chi connectivity index (χ1n) is 8.82. The molecule has 0 saturated heterocycles. The Morgan fingerprint density at radius 2 is 2.00 bits per heavy atom. The van der Waals surface area contributed by atoms with Gasteiger partial charge in [-0.1, -0.05) is 30.7 Å².